The zero-order valence-corrected chi connectivity index (χ0v) is 20.2. The van der Waals surface area contributed by atoms with Crippen LogP contribution < -0.4 is 16.0 Å². The number of hydrogen-bond acceptors (Lipinski definition) is 6. The number of nitrogens with zero attached hydrogens (tertiary/aromatic N) is 3. The molecule has 0 aliphatic carbocycles. The number of benzene rings is 2. The molecule has 12 nitrogen and oxygen atoms in total. The second-order valence-electron chi connectivity index (χ2n) is 8.89. The number of carbonyl (C=O) groups excluding carboxylic acids is 2. The van der Waals surface area contributed by atoms with Gasteiger partial charge in [-0.25, -0.2) is 9.89 Å². The van der Waals surface area contributed by atoms with E-state index >= 15 is 0 Å². The molecule has 2 aromatic heterocycles. The Hall–Kier alpha value is -4.74. The molecule has 3 amide bonds. The predicted octanol–water partition coefficient (Wildman–Crippen LogP) is 1.86. The van der Waals surface area contributed by atoms with Crippen molar-refractivity contribution in [3.05, 3.63) is 77.7 Å². The van der Waals surface area contributed by atoms with Gasteiger partial charge in [-0.1, -0.05) is 48.5 Å². The first kappa shape index (κ1) is 25.4. The molecule has 2 aromatic carbocycles. The molecule has 0 aliphatic heterocycles. The average molecular weight is 505 g/mol. The SMILES string of the molecule is CC(Cc1c[nH]c2ccccc12)(NC(=O)O)C(=O)NCC(NC(=O)CCc1nnn[nH]1)c1ccccc1. The summed E-state index contributed by atoms with van der Waals surface area (Å²) in [6.07, 6.45) is 1.07. The van der Waals surface area contributed by atoms with Crippen molar-refractivity contribution < 1.29 is 19.5 Å². The Morgan fingerprint density at radius 1 is 1.08 bits per heavy atom. The number of carboxylic acid groups (broad SMARTS) is 1. The molecular formula is C25H28N8O4. The van der Waals surface area contributed by atoms with Gasteiger partial charge >= 0.3 is 6.09 Å². The van der Waals surface area contributed by atoms with Crippen molar-refractivity contribution in [2.75, 3.05) is 6.54 Å². The van der Waals surface area contributed by atoms with Gasteiger partial charge < -0.3 is 26.0 Å². The van der Waals surface area contributed by atoms with E-state index in [4.69, 9.17) is 0 Å². The lowest BCUT2D eigenvalue weighted by atomic mass is 9.91. The van der Waals surface area contributed by atoms with Crippen LogP contribution in [0.3, 0.4) is 0 Å². The van der Waals surface area contributed by atoms with Crippen molar-refractivity contribution in [1.29, 1.82) is 0 Å². The van der Waals surface area contributed by atoms with E-state index in [9.17, 15) is 19.5 Å². The number of carbonyl (C=O) groups is 3. The van der Waals surface area contributed by atoms with Crippen LogP contribution in [0.5, 0.6) is 0 Å². The van der Waals surface area contributed by atoms with Crippen LogP contribution in [0.1, 0.15) is 36.3 Å². The second-order valence-corrected chi connectivity index (χ2v) is 8.89. The molecule has 4 aromatic rings. The van der Waals surface area contributed by atoms with Gasteiger partial charge in [-0.15, -0.1) is 5.10 Å². The summed E-state index contributed by atoms with van der Waals surface area (Å²) in [7, 11) is 0. The summed E-state index contributed by atoms with van der Waals surface area (Å²) in [6, 6.07) is 16.3. The van der Waals surface area contributed by atoms with E-state index < -0.39 is 23.6 Å². The fourth-order valence-corrected chi connectivity index (χ4v) is 4.19. The number of aromatic nitrogens is 5. The van der Waals surface area contributed by atoms with Crippen LogP contribution >= 0.6 is 0 Å². The van der Waals surface area contributed by atoms with E-state index in [1.54, 1.807) is 13.1 Å². The summed E-state index contributed by atoms with van der Waals surface area (Å²) < 4.78 is 0. The summed E-state index contributed by atoms with van der Waals surface area (Å²) in [6.45, 7) is 1.60. The summed E-state index contributed by atoms with van der Waals surface area (Å²) >= 11 is 0. The van der Waals surface area contributed by atoms with Gasteiger partial charge in [0.25, 0.3) is 0 Å². The van der Waals surface area contributed by atoms with Crippen molar-refractivity contribution in [3.8, 4) is 0 Å². The average Bonchev–Trinajstić information content (AvgIpc) is 3.55. The van der Waals surface area contributed by atoms with Gasteiger partial charge in [-0.2, -0.15) is 0 Å². The number of rotatable bonds is 11. The maximum Gasteiger partial charge on any atom is 0.405 e. The first-order valence-corrected chi connectivity index (χ1v) is 11.8. The Labute approximate surface area is 212 Å². The highest BCUT2D eigenvalue weighted by Crippen LogP contribution is 2.23. The Bertz CT molecular complexity index is 1360. The minimum atomic E-state index is -1.46. The largest absolute Gasteiger partial charge is 0.465 e. The van der Waals surface area contributed by atoms with Gasteiger partial charge in [-0.05, 0) is 34.5 Å². The van der Waals surface area contributed by atoms with Crippen LogP contribution in [0.15, 0.2) is 60.8 Å². The standard InChI is InChI=1S/C25H28N8O4/c1-25(29-24(36)37,13-17-14-26-19-10-6-5-9-18(17)19)23(35)27-15-20(16-7-3-2-4-8-16)28-22(34)12-11-21-30-32-33-31-21/h2-10,14,20,26,29H,11-13,15H2,1H3,(H,27,35)(H,28,34)(H,36,37)(H,30,31,32,33). The zero-order chi connectivity index (χ0) is 26.3. The quantitative estimate of drug-likeness (QED) is 0.180. The second kappa shape index (κ2) is 11.3. The molecule has 6 N–H and O–H groups in total. The molecule has 2 atom stereocenters. The highest BCUT2D eigenvalue weighted by atomic mass is 16.4. The smallest absolute Gasteiger partial charge is 0.405 e. The Morgan fingerprint density at radius 3 is 2.57 bits per heavy atom. The van der Waals surface area contributed by atoms with E-state index in [2.05, 4.69) is 41.6 Å². The van der Waals surface area contributed by atoms with Crippen LogP contribution in [-0.4, -0.2) is 60.7 Å². The monoisotopic (exact) mass is 504 g/mol. The molecule has 0 spiro atoms. The van der Waals surface area contributed by atoms with Gasteiger partial charge in [0.1, 0.15) is 11.4 Å². The molecular weight excluding hydrogens is 476 g/mol. The van der Waals surface area contributed by atoms with Crippen LogP contribution in [0.4, 0.5) is 4.79 Å². The van der Waals surface area contributed by atoms with Crippen molar-refractivity contribution in [2.24, 2.45) is 0 Å². The zero-order valence-electron chi connectivity index (χ0n) is 20.2. The molecule has 0 aliphatic rings. The van der Waals surface area contributed by atoms with Crippen LogP contribution in [0.25, 0.3) is 10.9 Å². The van der Waals surface area contributed by atoms with Gasteiger partial charge in [-0.3, -0.25) is 9.59 Å². The molecule has 0 saturated heterocycles. The van der Waals surface area contributed by atoms with Gasteiger partial charge in [0, 0.05) is 42.9 Å². The van der Waals surface area contributed by atoms with Crippen LogP contribution in [0, 0.1) is 0 Å². The highest BCUT2D eigenvalue weighted by molar-refractivity contribution is 5.91. The van der Waals surface area contributed by atoms with Gasteiger partial charge in [0.15, 0.2) is 0 Å². The maximum absolute atomic E-state index is 13.4. The molecule has 4 rings (SSSR count). The van der Waals surface area contributed by atoms with E-state index in [1.807, 2.05) is 54.6 Å². The third-order valence-electron chi connectivity index (χ3n) is 6.08. The van der Waals surface area contributed by atoms with E-state index in [1.165, 1.54) is 0 Å². The highest BCUT2D eigenvalue weighted by Gasteiger charge is 2.36. The minimum absolute atomic E-state index is 0.0588. The van der Waals surface area contributed by atoms with Gasteiger partial charge in [0.2, 0.25) is 11.8 Å². The van der Waals surface area contributed by atoms with Crippen molar-refractivity contribution >= 4 is 28.8 Å². The van der Waals surface area contributed by atoms with Crippen molar-refractivity contribution in [2.45, 2.75) is 37.8 Å². The maximum atomic E-state index is 13.4. The summed E-state index contributed by atoms with van der Waals surface area (Å²) in [4.78, 5) is 40.8. The summed E-state index contributed by atoms with van der Waals surface area (Å²) in [5.41, 5.74) is 1.03. The Balaban J connectivity index is 1.47. The van der Waals surface area contributed by atoms with Crippen molar-refractivity contribution in [3.63, 3.8) is 0 Å². The molecule has 0 bridgehead atoms. The van der Waals surface area contributed by atoms with E-state index in [0.29, 0.717) is 12.2 Å². The molecule has 0 radical (unpaired) electrons. The molecule has 37 heavy (non-hydrogen) atoms. The first-order valence-electron chi connectivity index (χ1n) is 11.8. The predicted molar refractivity (Wildman–Crippen MR) is 134 cm³/mol. The fraction of sp³-hybridized carbons (Fsp3) is 0.280. The van der Waals surface area contributed by atoms with Crippen LogP contribution in [0.2, 0.25) is 0 Å². The number of aryl methyl sites for hydroxylation is 1. The molecule has 2 heterocycles. The van der Waals surface area contributed by atoms with Gasteiger partial charge in [0.05, 0.1) is 6.04 Å². The lowest BCUT2D eigenvalue weighted by Gasteiger charge is -2.29. The normalized spacial score (nSPS) is 13.4. The topological polar surface area (TPSA) is 178 Å². The number of hydrogen-bond donors (Lipinski definition) is 6. The molecule has 12 heteroatoms. The minimum Gasteiger partial charge on any atom is -0.465 e. The number of tetrazole rings is 1. The van der Waals surface area contributed by atoms with Crippen molar-refractivity contribution in [1.82, 2.24) is 41.6 Å². The molecule has 2 unspecified atom stereocenters. The fourth-order valence-electron chi connectivity index (χ4n) is 4.19. The first-order chi connectivity index (χ1) is 17.8. The lowest BCUT2D eigenvalue weighted by molar-refractivity contribution is -0.127. The molecule has 192 valence electrons. The van der Waals surface area contributed by atoms with E-state index in [-0.39, 0.29) is 25.3 Å². The molecule has 0 saturated carbocycles. The Morgan fingerprint density at radius 2 is 1.84 bits per heavy atom. The van der Waals surface area contributed by atoms with Crippen LogP contribution in [-0.2, 0) is 22.4 Å². The third-order valence-corrected chi connectivity index (χ3v) is 6.08. The lowest BCUT2D eigenvalue weighted by Crippen LogP contribution is -2.58. The number of H-pyrrole nitrogens is 2. The number of para-hydroxylation sites is 1. The van der Waals surface area contributed by atoms with E-state index in [0.717, 1.165) is 22.0 Å². The Kier molecular flexibility index (Phi) is 7.77. The summed E-state index contributed by atoms with van der Waals surface area (Å²) in [5, 5.41) is 31.9. The number of aromatic amines is 2. The number of amides is 3. The number of nitrogens with one attached hydrogen (secondary N) is 5. The number of fused-ring (bicyclic) bond motifs is 1. The third kappa shape index (κ3) is 6.48. The summed E-state index contributed by atoms with van der Waals surface area (Å²) in [5.74, 6) is -0.264. The molecule has 0 fully saturated rings.